The summed E-state index contributed by atoms with van der Waals surface area (Å²) in [6.07, 6.45) is -4.50. The molecule has 17 heavy (non-hydrogen) atoms. The highest BCUT2D eigenvalue weighted by atomic mass is 35.5. The van der Waals surface area contributed by atoms with Crippen molar-refractivity contribution in [2.24, 2.45) is 5.73 Å². The fourth-order valence-electron chi connectivity index (χ4n) is 1.28. The second kappa shape index (κ2) is 6.42. The first-order valence-corrected chi connectivity index (χ1v) is 4.92. The SMILES string of the molecule is Cl.N[C@H](CCF)c1cc(C(F)(F)F)ccc1Cl. The molecule has 7 heteroatoms. The minimum absolute atomic E-state index is 0. The van der Waals surface area contributed by atoms with Gasteiger partial charge in [-0.3, -0.25) is 4.39 Å². The maximum Gasteiger partial charge on any atom is 0.416 e. The van der Waals surface area contributed by atoms with Crippen LogP contribution in [0.15, 0.2) is 18.2 Å². The normalized spacial score (nSPS) is 13.1. The van der Waals surface area contributed by atoms with Gasteiger partial charge < -0.3 is 5.73 Å². The first kappa shape index (κ1) is 16.5. The van der Waals surface area contributed by atoms with E-state index in [-0.39, 0.29) is 29.4 Å². The summed E-state index contributed by atoms with van der Waals surface area (Å²) in [6.45, 7) is -0.701. The number of benzene rings is 1. The largest absolute Gasteiger partial charge is 0.416 e. The third kappa shape index (κ3) is 4.33. The van der Waals surface area contributed by atoms with Crippen molar-refractivity contribution in [3.05, 3.63) is 34.3 Å². The maximum absolute atomic E-state index is 12.4. The van der Waals surface area contributed by atoms with Crippen molar-refractivity contribution in [1.82, 2.24) is 0 Å². The Morgan fingerprint density at radius 1 is 1.29 bits per heavy atom. The van der Waals surface area contributed by atoms with Gasteiger partial charge >= 0.3 is 6.18 Å². The van der Waals surface area contributed by atoms with E-state index in [0.29, 0.717) is 0 Å². The summed E-state index contributed by atoms with van der Waals surface area (Å²) in [5.41, 5.74) is 4.81. The molecule has 98 valence electrons. The van der Waals surface area contributed by atoms with Gasteiger partial charge in [0.15, 0.2) is 0 Å². The van der Waals surface area contributed by atoms with Crippen LogP contribution in [-0.4, -0.2) is 6.67 Å². The molecule has 1 atom stereocenters. The highest BCUT2D eigenvalue weighted by Crippen LogP contribution is 2.33. The summed E-state index contributed by atoms with van der Waals surface area (Å²) in [6, 6.07) is 2.04. The first-order chi connectivity index (χ1) is 7.36. The van der Waals surface area contributed by atoms with E-state index < -0.39 is 24.5 Å². The van der Waals surface area contributed by atoms with E-state index in [1.807, 2.05) is 0 Å². The predicted octanol–water partition coefficient (Wildman–Crippen LogP) is 4.14. The highest BCUT2D eigenvalue weighted by Gasteiger charge is 2.31. The predicted molar refractivity (Wildman–Crippen MR) is 61.2 cm³/mol. The number of alkyl halides is 4. The summed E-state index contributed by atoms with van der Waals surface area (Å²) in [4.78, 5) is 0. The van der Waals surface area contributed by atoms with Crippen molar-refractivity contribution in [2.45, 2.75) is 18.6 Å². The Kier molecular flexibility index (Phi) is 6.23. The van der Waals surface area contributed by atoms with Crippen LogP contribution in [0.4, 0.5) is 17.6 Å². The van der Waals surface area contributed by atoms with Crippen LogP contribution in [0, 0.1) is 0 Å². The van der Waals surface area contributed by atoms with Crippen LogP contribution < -0.4 is 5.73 Å². The Labute approximate surface area is 107 Å². The molecule has 0 fully saturated rings. The van der Waals surface area contributed by atoms with Crippen LogP contribution in [-0.2, 0) is 6.18 Å². The van der Waals surface area contributed by atoms with Gasteiger partial charge in [0.2, 0.25) is 0 Å². The van der Waals surface area contributed by atoms with E-state index in [0.717, 1.165) is 18.2 Å². The van der Waals surface area contributed by atoms with E-state index in [1.54, 1.807) is 0 Å². The second-order valence-electron chi connectivity index (χ2n) is 3.32. The molecule has 0 amide bonds. The van der Waals surface area contributed by atoms with Gasteiger partial charge in [0.05, 0.1) is 12.2 Å². The Hall–Kier alpha value is -0.520. The number of hydrogen-bond acceptors (Lipinski definition) is 1. The molecular weight excluding hydrogens is 281 g/mol. The van der Waals surface area contributed by atoms with Crippen LogP contribution in [0.3, 0.4) is 0 Å². The highest BCUT2D eigenvalue weighted by molar-refractivity contribution is 6.31. The van der Waals surface area contributed by atoms with Crippen molar-refractivity contribution in [3.63, 3.8) is 0 Å². The zero-order valence-electron chi connectivity index (χ0n) is 8.60. The van der Waals surface area contributed by atoms with Crippen molar-refractivity contribution in [2.75, 3.05) is 6.67 Å². The summed E-state index contributed by atoms with van der Waals surface area (Å²) in [5, 5.41) is 0.119. The average molecular weight is 292 g/mol. The third-order valence-corrected chi connectivity index (χ3v) is 2.49. The monoisotopic (exact) mass is 291 g/mol. The van der Waals surface area contributed by atoms with Gasteiger partial charge in [-0.25, -0.2) is 0 Å². The fourth-order valence-corrected chi connectivity index (χ4v) is 1.53. The summed E-state index contributed by atoms with van der Waals surface area (Å²) < 4.78 is 49.2. The molecule has 0 aliphatic rings. The lowest BCUT2D eigenvalue weighted by molar-refractivity contribution is -0.137. The van der Waals surface area contributed by atoms with Gasteiger partial charge in [0.1, 0.15) is 0 Å². The summed E-state index contributed by atoms with van der Waals surface area (Å²) in [5.74, 6) is 0. The molecule has 1 aromatic carbocycles. The number of hydrogen-bond donors (Lipinski definition) is 1. The molecule has 0 aliphatic carbocycles. The van der Waals surface area contributed by atoms with Crippen LogP contribution in [0.25, 0.3) is 0 Å². The van der Waals surface area contributed by atoms with Crippen LogP contribution in [0.1, 0.15) is 23.6 Å². The molecule has 0 aromatic heterocycles. The third-order valence-electron chi connectivity index (χ3n) is 2.14. The number of halogens is 6. The zero-order valence-corrected chi connectivity index (χ0v) is 10.2. The lowest BCUT2D eigenvalue weighted by atomic mass is 10.0. The molecular formula is C10H11Cl2F4N. The lowest BCUT2D eigenvalue weighted by Gasteiger charge is -2.14. The molecule has 0 saturated heterocycles. The molecule has 1 aromatic rings. The van der Waals surface area contributed by atoms with E-state index in [4.69, 9.17) is 17.3 Å². The van der Waals surface area contributed by atoms with Gasteiger partial charge in [-0.05, 0) is 30.2 Å². The van der Waals surface area contributed by atoms with Crippen molar-refractivity contribution < 1.29 is 17.6 Å². The molecule has 0 unspecified atom stereocenters. The topological polar surface area (TPSA) is 26.0 Å². The Morgan fingerprint density at radius 3 is 2.35 bits per heavy atom. The molecule has 0 bridgehead atoms. The smallest absolute Gasteiger partial charge is 0.324 e. The minimum atomic E-state index is -4.45. The van der Waals surface area contributed by atoms with E-state index >= 15 is 0 Å². The Morgan fingerprint density at radius 2 is 1.88 bits per heavy atom. The maximum atomic E-state index is 12.4. The molecule has 0 heterocycles. The van der Waals surface area contributed by atoms with E-state index in [2.05, 4.69) is 0 Å². The molecule has 2 N–H and O–H groups in total. The van der Waals surface area contributed by atoms with Crippen LogP contribution in [0.5, 0.6) is 0 Å². The van der Waals surface area contributed by atoms with Crippen molar-refractivity contribution >= 4 is 24.0 Å². The fraction of sp³-hybridized carbons (Fsp3) is 0.400. The minimum Gasteiger partial charge on any atom is -0.324 e. The van der Waals surface area contributed by atoms with Gasteiger partial charge in [-0.1, -0.05) is 11.6 Å². The van der Waals surface area contributed by atoms with Crippen molar-refractivity contribution in [3.8, 4) is 0 Å². The van der Waals surface area contributed by atoms with Gasteiger partial charge in [0.25, 0.3) is 0 Å². The molecule has 0 saturated carbocycles. The summed E-state index contributed by atoms with van der Waals surface area (Å²) in [7, 11) is 0. The standard InChI is InChI=1S/C10H10ClF4N.ClH/c11-8-2-1-6(10(13,14)15)5-7(8)9(16)3-4-12;/h1-2,5,9H,3-4,16H2;1H/t9-;/m1./s1. The molecule has 0 spiro atoms. The zero-order chi connectivity index (χ0) is 12.3. The Bertz CT molecular complexity index is 368. The lowest BCUT2D eigenvalue weighted by Crippen LogP contribution is -2.13. The van der Waals surface area contributed by atoms with Crippen molar-refractivity contribution in [1.29, 1.82) is 0 Å². The second-order valence-corrected chi connectivity index (χ2v) is 3.73. The van der Waals surface area contributed by atoms with Crippen LogP contribution >= 0.6 is 24.0 Å². The van der Waals surface area contributed by atoms with Gasteiger partial charge in [-0.2, -0.15) is 13.2 Å². The number of rotatable bonds is 3. The number of nitrogens with two attached hydrogens (primary N) is 1. The summed E-state index contributed by atoms with van der Waals surface area (Å²) >= 11 is 5.71. The van der Waals surface area contributed by atoms with E-state index in [9.17, 15) is 17.6 Å². The first-order valence-electron chi connectivity index (χ1n) is 4.54. The quantitative estimate of drug-likeness (QED) is 0.832. The molecule has 0 radical (unpaired) electrons. The molecule has 0 aliphatic heterocycles. The molecule has 1 rings (SSSR count). The molecule has 1 nitrogen and oxygen atoms in total. The van der Waals surface area contributed by atoms with E-state index in [1.165, 1.54) is 0 Å². The van der Waals surface area contributed by atoms with Gasteiger partial charge in [-0.15, -0.1) is 12.4 Å². The average Bonchev–Trinajstić information content (AvgIpc) is 2.16. The van der Waals surface area contributed by atoms with Gasteiger partial charge in [0, 0.05) is 11.1 Å². The Balaban J connectivity index is 0.00000256. The van der Waals surface area contributed by atoms with Crippen LogP contribution in [0.2, 0.25) is 5.02 Å².